The normalized spacial score (nSPS) is 11.7. The summed E-state index contributed by atoms with van der Waals surface area (Å²) in [6.45, 7) is 0.698. The van der Waals surface area contributed by atoms with Crippen LogP contribution in [0, 0.1) is 0 Å². The minimum Gasteiger partial charge on any atom is -0.380 e. The molecule has 0 aliphatic heterocycles. The first kappa shape index (κ1) is 14.0. The van der Waals surface area contributed by atoms with E-state index in [9.17, 15) is 8.42 Å². The van der Waals surface area contributed by atoms with Crippen LogP contribution in [0.2, 0.25) is 0 Å². The number of hydrogen-bond acceptors (Lipinski definition) is 4. The van der Waals surface area contributed by atoms with Gasteiger partial charge in [0.25, 0.3) is 0 Å². The summed E-state index contributed by atoms with van der Waals surface area (Å²) >= 11 is 1.67. The molecular formula is C13H16N2O2S2. The zero-order valence-electron chi connectivity index (χ0n) is 10.8. The van der Waals surface area contributed by atoms with E-state index in [2.05, 4.69) is 5.32 Å². The van der Waals surface area contributed by atoms with Gasteiger partial charge in [0.15, 0.2) is 0 Å². The van der Waals surface area contributed by atoms with Crippen molar-refractivity contribution in [2.24, 2.45) is 0 Å². The first-order valence-electron chi connectivity index (χ1n) is 5.79. The van der Waals surface area contributed by atoms with Crippen molar-refractivity contribution in [3.63, 3.8) is 0 Å². The van der Waals surface area contributed by atoms with Gasteiger partial charge in [0.05, 0.1) is 4.90 Å². The number of anilines is 1. The average Bonchev–Trinajstić information content (AvgIpc) is 2.89. The molecule has 0 fully saturated rings. The van der Waals surface area contributed by atoms with Crippen LogP contribution in [0.5, 0.6) is 0 Å². The SMILES string of the molecule is CN(C)S(=O)(=O)c1cccc(NCc2cccs2)c1. The van der Waals surface area contributed by atoms with Crippen molar-refractivity contribution in [1.29, 1.82) is 0 Å². The molecule has 0 aliphatic rings. The van der Waals surface area contributed by atoms with Crippen LogP contribution in [0.15, 0.2) is 46.7 Å². The molecule has 2 aromatic rings. The average molecular weight is 296 g/mol. The molecule has 19 heavy (non-hydrogen) atoms. The van der Waals surface area contributed by atoms with Gasteiger partial charge in [0, 0.05) is 31.2 Å². The Kier molecular flexibility index (Phi) is 4.24. The Morgan fingerprint density at radius 1 is 1.21 bits per heavy atom. The van der Waals surface area contributed by atoms with E-state index in [0.29, 0.717) is 11.4 Å². The molecule has 1 aromatic heterocycles. The summed E-state index contributed by atoms with van der Waals surface area (Å²) in [6, 6.07) is 10.9. The number of benzene rings is 1. The van der Waals surface area contributed by atoms with Gasteiger partial charge in [-0.2, -0.15) is 0 Å². The second-order valence-electron chi connectivity index (χ2n) is 4.25. The Hall–Kier alpha value is -1.37. The van der Waals surface area contributed by atoms with Crippen LogP contribution < -0.4 is 5.32 Å². The van der Waals surface area contributed by atoms with Gasteiger partial charge in [0.2, 0.25) is 10.0 Å². The maximum Gasteiger partial charge on any atom is 0.242 e. The van der Waals surface area contributed by atoms with E-state index in [1.165, 1.54) is 23.3 Å². The van der Waals surface area contributed by atoms with Gasteiger partial charge >= 0.3 is 0 Å². The first-order chi connectivity index (χ1) is 9.00. The molecule has 0 amide bonds. The Morgan fingerprint density at radius 3 is 2.63 bits per heavy atom. The van der Waals surface area contributed by atoms with Crippen molar-refractivity contribution in [3.8, 4) is 0 Å². The summed E-state index contributed by atoms with van der Waals surface area (Å²) in [5.41, 5.74) is 0.802. The number of thiophene rings is 1. The highest BCUT2D eigenvalue weighted by Gasteiger charge is 2.16. The van der Waals surface area contributed by atoms with Gasteiger partial charge in [-0.15, -0.1) is 11.3 Å². The quantitative estimate of drug-likeness (QED) is 0.922. The molecule has 0 aliphatic carbocycles. The van der Waals surface area contributed by atoms with E-state index >= 15 is 0 Å². The molecule has 1 aromatic carbocycles. The van der Waals surface area contributed by atoms with Crippen molar-refractivity contribution in [1.82, 2.24) is 4.31 Å². The van der Waals surface area contributed by atoms with Crippen LogP contribution in [0.4, 0.5) is 5.69 Å². The summed E-state index contributed by atoms with van der Waals surface area (Å²) in [5.74, 6) is 0. The lowest BCUT2D eigenvalue weighted by atomic mass is 10.3. The van der Waals surface area contributed by atoms with Crippen LogP contribution in [0.3, 0.4) is 0 Å². The highest BCUT2D eigenvalue weighted by molar-refractivity contribution is 7.89. The van der Waals surface area contributed by atoms with Crippen LogP contribution in [-0.2, 0) is 16.6 Å². The number of nitrogens with one attached hydrogen (secondary N) is 1. The monoisotopic (exact) mass is 296 g/mol. The van der Waals surface area contributed by atoms with Crippen molar-refractivity contribution in [3.05, 3.63) is 46.7 Å². The van der Waals surface area contributed by atoms with Crippen LogP contribution >= 0.6 is 11.3 Å². The van der Waals surface area contributed by atoms with E-state index in [4.69, 9.17) is 0 Å². The van der Waals surface area contributed by atoms with Crippen molar-refractivity contribution in [2.45, 2.75) is 11.4 Å². The Morgan fingerprint density at radius 2 is 2.00 bits per heavy atom. The van der Waals surface area contributed by atoms with Crippen molar-refractivity contribution >= 4 is 27.0 Å². The molecule has 0 radical (unpaired) electrons. The Labute approximate surface area is 117 Å². The maximum absolute atomic E-state index is 12.0. The topological polar surface area (TPSA) is 49.4 Å². The molecule has 1 heterocycles. The summed E-state index contributed by atoms with van der Waals surface area (Å²) in [4.78, 5) is 1.51. The number of hydrogen-bond donors (Lipinski definition) is 1. The molecule has 0 saturated heterocycles. The van der Waals surface area contributed by atoms with E-state index in [1.807, 2.05) is 23.6 Å². The number of sulfonamides is 1. The number of rotatable bonds is 5. The summed E-state index contributed by atoms with van der Waals surface area (Å²) in [7, 11) is -0.318. The molecule has 2 rings (SSSR count). The number of nitrogens with zero attached hydrogens (tertiary/aromatic N) is 1. The zero-order chi connectivity index (χ0) is 13.9. The fraction of sp³-hybridized carbons (Fsp3) is 0.231. The summed E-state index contributed by atoms with van der Waals surface area (Å²) < 4.78 is 25.2. The minimum absolute atomic E-state index is 0.300. The van der Waals surface area contributed by atoms with Crippen molar-refractivity contribution in [2.75, 3.05) is 19.4 Å². The summed E-state index contributed by atoms with van der Waals surface area (Å²) in [6.07, 6.45) is 0. The molecule has 4 nitrogen and oxygen atoms in total. The molecule has 102 valence electrons. The summed E-state index contributed by atoms with van der Waals surface area (Å²) in [5, 5.41) is 5.24. The largest absolute Gasteiger partial charge is 0.380 e. The highest BCUT2D eigenvalue weighted by Crippen LogP contribution is 2.19. The molecule has 6 heteroatoms. The van der Waals surface area contributed by atoms with Gasteiger partial charge in [-0.1, -0.05) is 12.1 Å². The van der Waals surface area contributed by atoms with Gasteiger partial charge in [-0.25, -0.2) is 12.7 Å². The van der Waals surface area contributed by atoms with E-state index in [-0.39, 0.29) is 0 Å². The predicted molar refractivity (Wildman–Crippen MR) is 79.0 cm³/mol. The Balaban J connectivity index is 2.16. The van der Waals surface area contributed by atoms with Gasteiger partial charge in [-0.05, 0) is 29.6 Å². The molecular weight excluding hydrogens is 280 g/mol. The molecule has 0 bridgehead atoms. The van der Waals surface area contributed by atoms with Crippen molar-refractivity contribution < 1.29 is 8.42 Å². The second kappa shape index (κ2) is 5.73. The third kappa shape index (κ3) is 3.34. The third-order valence-electron chi connectivity index (χ3n) is 2.66. The first-order valence-corrected chi connectivity index (χ1v) is 8.11. The molecule has 0 saturated carbocycles. The minimum atomic E-state index is -3.38. The van der Waals surface area contributed by atoms with Gasteiger partial charge in [0.1, 0.15) is 0 Å². The predicted octanol–water partition coefficient (Wildman–Crippen LogP) is 2.61. The van der Waals surface area contributed by atoms with Crippen LogP contribution in [0.1, 0.15) is 4.88 Å². The molecule has 0 spiro atoms. The zero-order valence-corrected chi connectivity index (χ0v) is 12.5. The molecule has 0 unspecified atom stereocenters. The Bertz CT molecular complexity index is 634. The van der Waals surface area contributed by atoms with E-state index < -0.39 is 10.0 Å². The van der Waals surface area contributed by atoms with Crippen LogP contribution in [0.25, 0.3) is 0 Å². The lowest BCUT2D eigenvalue weighted by Crippen LogP contribution is -2.22. The smallest absolute Gasteiger partial charge is 0.242 e. The van der Waals surface area contributed by atoms with E-state index in [1.54, 1.807) is 29.5 Å². The van der Waals surface area contributed by atoms with Gasteiger partial charge in [-0.3, -0.25) is 0 Å². The molecule has 0 atom stereocenters. The lowest BCUT2D eigenvalue weighted by molar-refractivity contribution is 0.521. The lowest BCUT2D eigenvalue weighted by Gasteiger charge is -2.12. The fourth-order valence-corrected chi connectivity index (χ4v) is 3.17. The third-order valence-corrected chi connectivity index (χ3v) is 5.35. The van der Waals surface area contributed by atoms with Crippen LogP contribution in [-0.4, -0.2) is 26.8 Å². The molecule has 1 N–H and O–H groups in total. The highest BCUT2D eigenvalue weighted by atomic mass is 32.2. The standard InChI is InChI=1S/C13H16N2O2S2/c1-15(2)19(16,17)13-7-3-5-11(9-13)14-10-12-6-4-8-18-12/h3-9,14H,10H2,1-2H3. The second-order valence-corrected chi connectivity index (χ2v) is 7.43. The maximum atomic E-state index is 12.0. The fourth-order valence-electron chi connectivity index (χ4n) is 1.58. The van der Waals surface area contributed by atoms with E-state index in [0.717, 1.165) is 5.69 Å². The van der Waals surface area contributed by atoms with Gasteiger partial charge < -0.3 is 5.32 Å².